The maximum absolute atomic E-state index is 13.7. The molecule has 2 aromatic carbocycles. The van der Waals surface area contributed by atoms with Gasteiger partial charge in [-0.3, -0.25) is 4.79 Å². The number of carbonyl (C=O) groups is 1. The number of hydrogen-bond acceptors (Lipinski definition) is 3. The molecule has 0 unspecified atom stereocenters. The molecule has 3 aromatic rings. The van der Waals surface area contributed by atoms with Crippen molar-refractivity contribution in [2.75, 3.05) is 7.11 Å². The van der Waals surface area contributed by atoms with Crippen molar-refractivity contribution in [2.45, 2.75) is 13.5 Å². The molecule has 0 radical (unpaired) electrons. The van der Waals surface area contributed by atoms with Crippen molar-refractivity contribution >= 4 is 16.8 Å². The van der Waals surface area contributed by atoms with Crippen molar-refractivity contribution in [2.24, 2.45) is 0 Å². The highest BCUT2D eigenvalue weighted by Crippen LogP contribution is 2.28. The highest BCUT2D eigenvalue weighted by atomic mass is 19.1. The molecule has 4 nitrogen and oxygen atoms in total. The molecular formula is C19H15F3N2O2. The Kier molecular flexibility index (Phi) is 4.79. The first-order chi connectivity index (χ1) is 12.4. The van der Waals surface area contributed by atoms with E-state index in [0.717, 1.165) is 12.1 Å². The van der Waals surface area contributed by atoms with Gasteiger partial charge in [0.05, 0.1) is 12.6 Å². The number of aryl methyl sites for hydroxylation is 1. The zero-order valence-corrected chi connectivity index (χ0v) is 14.1. The average Bonchev–Trinajstić information content (AvgIpc) is 2.60. The van der Waals surface area contributed by atoms with Gasteiger partial charge in [0.1, 0.15) is 28.9 Å². The molecule has 26 heavy (non-hydrogen) atoms. The van der Waals surface area contributed by atoms with Crippen LogP contribution in [0.15, 0.2) is 36.4 Å². The van der Waals surface area contributed by atoms with Crippen LogP contribution in [0.25, 0.3) is 10.9 Å². The van der Waals surface area contributed by atoms with Crippen LogP contribution in [-0.4, -0.2) is 18.0 Å². The number of amides is 1. The monoisotopic (exact) mass is 360 g/mol. The van der Waals surface area contributed by atoms with Crippen LogP contribution in [-0.2, 0) is 6.54 Å². The summed E-state index contributed by atoms with van der Waals surface area (Å²) in [7, 11) is 1.41. The Labute approximate surface area is 147 Å². The third-order valence-corrected chi connectivity index (χ3v) is 3.94. The highest BCUT2D eigenvalue weighted by molar-refractivity contribution is 5.97. The number of nitrogens with one attached hydrogen (secondary N) is 1. The van der Waals surface area contributed by atoms with Crippen LogP contribution in [0.3, 0.4) is 0 Å². The number of fused-ring (bicyclic) bond motifs is 1. The molecule has 3 rings (SSSR count). The van der Waals surface area contributed by atoms with Gasteiger partial charge in [-0.05, 0) is 30.7 Å². The van der Waals surface area contributed by atoms with E-state index in [4.69, 9.17) is 4.74 Å². The molecule has 0 spiro atoms. The van der Waals surface area contributed by atoms with Gasteiger partial charge in [0.15, 0.2) is 0 Å². The maximum Gasteiger partial charge on any atom is 0.270 e. The number of pyridine rings is 1. The molecule has 0 aliphatic carbocycles. The highest BCUT2D eigenvalue weighted by Gasteiger charge is 2.15. The van der Waals surface area contributed by atoms with Crippen LogP contribution in [0.2, 0.25) is 0 Å². The van der Waals surface area contributed by atoms with Crippen LogP contribution in [0, 0.1) is 24.4 Å². The number of nitrogens with zero attached hydrogens (tertiary/aromatic N) is 1. The summed E-state index contributed by atoms with van der Waals surface area (Å²) in [4.78, 5) is 16.6. The Bertz CT molecular complexity index is 1010. The molecule has 1 amide bonds. The molecule has 0 saturated carbocycles. The van der Waals surface area contributed by atoms with E-state index in [0.29, 0.717) is 22.2 Å². The Hall–Kier alpha value is -3.09. The number of methoxy groups -OCH3 is 1. The van der Waals surface area contributed by atoms with Crippen LogP contribution in [0.5, 0.6) is 5.75 Å². The van der Waals surface area contributed by atoms with Crippen molar-refractivity contribution in [3.63, 3.8) is 0 Å². The fourth-order valence-electron chi connectivity index (χ4n) is 2.64. The van der Waals surface area contributed by atoms with E-state index in [1.54, 1.807) is 6.92 Å². The molecule has 1 aromatic heterocycles. The largest absolute Gasteiger partial charge is 0.496 e. The first-order valence-corrected chi connectivity index (χ1v) is 7.76. The van der Waals surface area contributed by atoms with Gasteiger partial charge in [0.2, 0.25) is 0 Å². The number of ether oxygens (including phenoxy) is 1. The van der Waals surface area contributed by atoms with Crippen molar-refractivity contribution in [1.29, 1.82) is 0 Å². The van der Waals surface area contributed by atoms with Crippen molar-refractivity contribution in [3.8, 4) is 5.75 Å². The van der Waals surface area contributed by atoms with E-state index < -0.39 is 23.4 Å². The zero-order valence-electron chi connectivity index (χ0n) is 14.1. The topological polar surface area (TPSA) is 51.2 Å². The van der Waals surface area contributed by atoms with Crippen LogP contribution in [0.1, 0.15) is 21.6 Å². The molecule has 0 aliphatic heterocycles. The van der Waals surface area contributed by atoms with Crippen LogP contribution >= 0.6 is 0 Å². The van der Waals surface area contributed by atoms with Gasteiger partial charge >= 0.3 is 0 Å². The standard InChI is InChI=1S/C19H15F3N2O2/c1-10-5-13(21)6-14-17(26-2)8-16(24-18(10)14)19(25)23-9-11-3-4-12(20)7-15(11)22/h3-8H,9H2,1-2H3,(H,23,25). The number of hydrogen-bond donors (Lipinski definition) is 1. The van der Waals surface area contributed by atoms with E-state index in [1.165, 1.54) is 31.4 Å². The summed E-state index contributed by atoms with van der Waals surface area (Å²) in [5, 5.41) is 2.98. The van der Waals surface area contributed by atoms with E-state index in [-0.39, 0.29) is 17.8 Å². The Balaban J connectivity index is 1.90. The van der Waals surface area contributed by atoms with Gasteiger partial charge in [-0.2, -0.15) is 0 Å². The maximum atomic E-state index is 13.7. The fraction of sp³-hybridized carbons (Fsp3) is 0.158. The van der Waals surface area contributed by atoms with Gasteiger partial charge in [-0.15, -0.1) is 0 Å². The summed E-state index contributed by atoms with van der Waals surface area (Å²) in [5.74, 6) is -2.13. The zero-order chi connectivity index (χ0) is 18.8. The second kappa shape index (κ2) is 7.03. The summed E-state index contributed by atoms with van der Waals surface area (Å²) in [6, 6.07) is 7.09. The van der Waals surface area contributed by atoms with E-state index >= 15 is 0 Å². The number of rotatable bonds is 4. The molecule has 134 valence electrons. The Morgan fingerprint density at radius 3 is 2.58 bits per heavy atom. The summed E-state index contributed by atoms with van der Waals surface area (Å²) in [6.07, 6.45) is 0. The second-order valence-electron chi connectivity index (χ2n) is 5.75. The molecule has 0 atom stereocenters. The lowest BCUT2D eigenvalue weighted by Gasteiger charge is -2.11. The van der Waals surface area contributed by atoms with E-state index in [9.17, 15) is 18.0 Å². The van der Waals surface area contributed by atoms with Gasteiger partial charge < -0.3 is 10.1 Å². The van der Waals surface area contributed by atoms with E-state index in [2.05, 4.69) is 10.3 Å². The van der Waals surface area contributed by atoms with Gasteiger partial charge in [-0.25, -0.2) is 18.2 Å². The second-order valence-corrected chi connectivity index (χ2v) is 5.75. The minimum atomic E-state index is -0.749. The fourth-order valence-corrected chi connectivity index (χ4v) is 2.64. The number of carbonyl (C=O) groups excluding carboxylic acids is 1. The lowest BCUT2D eigenvalue weighted by Crippen LogP contribution is -2.24. The third-order valence-electron chi connectivity index (χ3n) is 3.94. The molecular weight excluding hydrogens is 345 g/mol. The van der Waals surface area contributed by atoms with E-state index in [1.807, 2.05) is 0 Å². The number of benzene rings is 2. The van der Waals surface area contributed by atoms with Crippen molar-refractivity contribution in [1.82, 2.24) is 10.3 Å². The van der Waals surface area contributed by atoms with Gasteiger partial charge in [0, 0.05) is 29.6 Å². The number of halogens is 3. The molecule has 0 saturated heterocycles. The predicted octanol–water partition coefficient (Wildman–Crippen LogP) is 3.90. The lowest BCUT2D eigenvalue weighted by molar-refractivity contribution is 0.0945. The molecule has 1 heterocycles. The molecule has 1 N–H and O–H groups in total. The molecule has 0 bridgehead atoms. The Morgan fingerprint density at radius 2 is 1.88 bits per heavy atom. The Morgan fingerprint density at radius 1 is 1.12 bits per heavy atom. The van der Waals surface area contributed by atoms with Crippen molar-refractivity contribution in [3.05, 3.63) is 70.7 Å². The molecule has 0 fully saturated rings. The van der Waals surface area contributed by atoms with Gasteiger partial charge in [0.25, 0.3) is 5.91 Å². The minimum absolute atomic E-state index is 0.0478. The smallest absolute Gasteiger partial charge is 0.270 e. The first kappa shape index (κ1) is 17.7. The summed E-state index contributed by atoms with van der Waals surface area (Å²) < 4.78 is 45.4. The average molecular weight is 360 g/mol. The van der Waals surface area contributed by atoms with Crippen LogP contribution < -0.4 is 10.1 Å². The number of aromatic nitrogens is 1. The SMILES string of the molecule is COc1cc(C(=O)NCc2ccc(F)cc2F)nc2c(C)cc(F)cc12. The summed E-state index contributed by atoms with van der Waals surface area (Å²) in [6.45, 7) is 1.54. The van der Waals surface area contributed by atoms with Gasteiger partial charge in [-0.1, -0.05) is 6.07 Å². The van der Waals surface area contributed by atoms with Crippen molar-refractivity contribution < 1.29 is 22.7 Å². The molecule has 0 aliphatic rings. The first-order valence-electron chi connectivity index (χ1n) is 7.76. The molecule has 7 heteroatoms. The quantitative estimate of drug-likeness (QED) is 0.768. The summed E-state index contributed by atoms with van der Waals surface area (Å²) in [5.41, 5.74) is 1.18. The minimum Gasteiger partial charge on any atom is -0.496 e. The lowest BCUT2D eigenvalue weighted by atomic mass is 10.1. The predicted molar refractivity (Wildman–Crippen MR) is 90.5 cm³/mol. The van der Waals surface area contributed by atoms with Crippen LogP contribution in [0.4, 0.5) is 13.2 Å². The summed E-state index contributed by atoms with van der Waals surface area (Å²) >= 11 is 0. The third kappa shape index (κ3) is 3.46. The normalized spacial score (nSPS) is 10.8.